The molecule has 16 heavy (non-hydrogen) atoms. The molecule has 1 rings (SSSR count). The molecule has 2 N–H and O–H groups in total. The van der Waals surface area contributed by atoms with Crippen LogP contribution in [-0.2, 0) is 10.3 Å². The van der Waals surface area contributed by atoms with Crippen molar-refractivity contribution < 1.29 is 14.3 Å². The van der Waals surface area contributed by atoms with Crippen LogP contribution >= 0.6 is 0 Å². The minimum absolute atomic E-state index is 0.268. The summed E-state index contributed by atoms with van der Waals surface area (Å²) in [4.78, 5) is 8.80. The van der Waals surface area contributed by atoms with E-state index in [9.17, 15) is 0 Å². The first kappa shape index (κ1) is 12.7. The molecule has 0 saturated heterocycles. The lowest BCUT2D eigenvalue weighted by Gasteiger charge is -2.25. The number of ether oxygens (including phenoxy) is 2. The van der Waals surface area contributed by atoms with Crippen molar-refractivity contribution in [1.29, 1.82) is 0 Å². The van der Waals surface area contributed by atoms with Crippen LogP contribution in [0, 0.1) is 0 Å². The third-order valence-electron chi connectivity index (χ3n) is 2.44. The Balaban J connectivity index is 3.17. The van der Waals surface area contributed by atoms with Crippen LogP contribution in [0.15, 0.2) is 12.3 Å². The number of hydrogen-bond donors (Lipinski definition) is 1. The van der Waals surface area contributed by atoms with E-state index in [-0.39, 0.29) is 5.41 Å². The van der Waals surface area contributed by atoms with Crippen molar-refractivity contribution in [3.05, 3.63) is 17.8 Å². The molecule has 0 aliphatic carbocycles. The Morgan fingerprint density at radius 2 is 2.00 bits per heavy atom. The van der Waals surface area contributed by atoms with Crippen LogP contribution in [-0.4, -0.2) is 25.8 Å². The fourth-order valence-electron chi connectivity index (χ4n) is 1.51. The van der Waals surface area contributed by atoms with Gasteiger partial charge in [-0.05, 0) is 0 Å². The molecule has 0 atom stereocenters. The minimum atomic E-state index is -0.268. The Labute approximate surface area is 95.5 Å². The largest absolute Gasteiger partial charge is 0.495 e. The summed E-state index contributed by atoms with van der Waals surface area (Å²) in [6.45, 7) is 4.41. The first-order valence-corrected chi connectivity index (χ1v) is 4.95. The summed E-state index contributed by atoms with van der Waals surface area (Å²) in [7, 11) is 3.18. The maximum Gasteiger partial charge on any atom is 0.213 e. The van der Waals surface area contributed by atoms with Crippen molar-refractivity contribution in [3.8, 4) is 11.6 Å². The van der Waals surface area contributed by atoms with E-state index in [1.54, 1.807) is 20.4 Å². The van der Waals surface area contributed by atoms with Crippen LogP contribution in [0.4, 0.5) is 0 Å². The molecular formula is C11H18N2O3. The summed E-state index contributed by atoms with van der Waals surface area (Å²) < 4.78 is 10.4. The second-order valence-electron chi connectivity index (χ2n) is 4.12. The van der Waals surface area contributed by atoms with E-state index >= 15 is 0 Å². The van der Waals surface area contributed by atoms with E-state index in [0.717, 1.165) is 5.56 Å². The molecule has 5 nitrogen and oxygen atoms in total. The van der Waals surface area contributed by atoms with Gasteiger partial charge >= 0.3 is 0 Å². The Bertz CT molecular complexity index is 353. The number of methoxy groups -OCH3 is 2. The Morgan fingerprint density at radius 1 is 1.31 bits per heavy atom. The molecule has 1 aromatic rings. The Hall–Kier alpha value is -1.33. The van der Waals surface area contributed by atoms with Crippen molar-refractivity contribution in [1.82, 2.24) is 4.98 Å². The van der Waals surface area contributed by atoms with Gasteiger partial charge in [0.15, 0.2) is 0 Å². The molecule has 0 saturated carbocycles. The molecule has 0 fully saturated rings. The highest BCUT2D eigenvalue weighted by atomic mass is 16.6. The van der Waals surface area contributed by atoms with Crippen LogP contribution in [0.5, 0.6) is 11.6 Å². The summed E-state index contributed by atoms with van der Waals surface area (Å²) in [5.74, 6) is 6.37. The fourth-order valence-corrected chi connectivity index (χ4v) is 1.51. The molecule has 1 heterocycles. The second kappa shape index (κ2) is 5.14. The van der Waals surface area contributed by atoms with Crippen LogP contribution in [0.25, 0.3) is 0 Å². The predicted octanol–water partition coefficient (Wildman–Crippen LogP) is 1.27. The molecule has 0 unspecified atom stereocenters. The molecule has 0 aliphatic heterocycles. The zero-order valence-corrected chi connectivity index (χ0v) is 10.1. The van der Waals surface area contributed by atoms with E-state index in [0.29, 0.717) is 18.2 Å². The zero-order chi connectivity index (χ0) is 12.2. The highest BCUT2D eigenvalue weighted by molar-refractivity contribution is 5.40. The smallest absolute Gasteiger partial charge is 0.213 e. The number of hydrogen-bond acceptors (Lipinski definition) is 5. The van der Waals surface area contributed by atoms with Gasteiger partial charge in [-0.3, -0.25) is 0 Å². The number of nitrogens with zero attached hydrogens (tertiary/aromatic N) is 1. The normalized spacial score (nSPS) is 11.3. The van der Waals surface area contributed by atoms with Crippen molar-refractivity contribution in [3.63, 3.8) is 0 Å². The average molecular weight is 226 g/mol. The van der Waals surface area contributed by atoms with Gasteiger partial charge < -0.3 is 14.3 Å². The molecule has 90 valence electrons. The predicted molar refractivity (Wildman–Crippen MR) is 60.5 cm³/mol. The summed E-state index contributed by atoms with van der Waals surface area (Å²) in [6.07, 6.45) is 1.63. The van der Waals surface area contributed by atoms with E-state index < -0.39 is 0 Å². The third-order valence-corrected chi connectivity index (χ3v) is 2.44. The summed E-state index contributed by atoms with van der Waals surface area (Å²) >= 11 is 0. The highest BCUT2D eigenvalue weighted by Crippen LogP contribution is 2.33. The van der Waals surface area contributed by atoms with Crippen molar-refractivity contribution >= 4 is 0 Å². The summed E-state index contributed by atoms with van der Waals surface area (Å²) in [6, 6.07) is 1.83. The quantitative estimate of drug-likeness (QED) is 0.766. The van der Waals surface area contributed by atoms with Crippen molar-refractivity contribution in [2.45, 2.75) is 19.3 Å². The van der Waals surface area contributed by atoms with Crippen LogP contribution in [0.3, 0.4) is 0 Å². The lowest BCUT2D eigenvalue weighted by molar-refractivity contribution is 0.0952. The van der Waals surface area contributed by atoms with E-state index in [1.165, 1.54) is 0 Å². The standard InChI is InChI=1S/C11H18N2O3/c1-11(2,7-16-12)8-5-10(15-4)13-6-9(8)14-3/h5-6H,7,12H2,1-4H3. The van der Waals surface area contributed by atoms with Gasteiger partial charge in [0.05, 0.1) is 27.0 Å². The Morgan fingerprint density at radius 3 is 2.50 bits per heavy atom. The van der Waals surface area contributed by atoms with Gasteiger partial charge in [0, 0.05) is 17.0 Å². The van der Waals surface area contributed by atoms with E-state index in [1.807, 2.05) is 19.9 Å². The van der Waals surface area contributed by atoms with Gasteiger partial charge in [-0.1, -0.05) is 13.8 Å². The number of aromatic nitrogens is 1. The number of pyridine rings is 1. The number of nitrogens with two attached hydrogens (primary N) is 1. The Kier molecular flexibility index (Phi) is 4.09. The molecular weight excluding hydrogens is 208 g/mol. The van der Waals surface area contributed by atoms with Crippen molar-refractivity contribution in [2.75, 3.05) is 20.8 Å². The lowest BCUT2D eigenvalue weighted by atomic mass is 9.85. The van der Waals surface area contributed by atoms with Crippen molar-refractivity contribution in [2.24, 2.45) is 5.90 Å². The molecule has 5 heteroatoms. The molecule has 0 radical (unpaired) electrons. The third kappa shape index (κ3) is 2.62. The maximum absolute atomic E-state index is 5.26. The SMILES string of the molecule is COc1cc(C(C)(C)CON)c(OC)cn1. The van der Waals surface area contributed by atoms with E-state index in [2.05, 4.69) is 4.98 Å². The van der Waals surface area contributed by atoms with Gasteiger partial charge in [0.25, 0.3) is 0 Å². The highest BCUT2D eigenvalue weighted by Gasteiger charge is 2.25. The molecule has 0 aliphatic rings. The molecule has 0 spiro atoms. The van der Waals surface area contributed by atoms with Crippen LogP contribution < -0.4 is 15.4 Å². The lowest BCUT2D eigenvalue weighted by Crippen LogP contribution is -2.27. The van der Waals surface area contributed by atoms with Gasteiger partial charge in [0.2, 0.25) is 5.88 Å². The van der Waals surface area contributed by atoms with Crippen LogP contribution in [0.2, 0.25) is 0 Å². The summed E-state index contributed by atoms with van der Waals surface area (Å²) in [5.41, 5.74) is 0.684. The fraction of sp³-hybridized carbons (Fsp3) is 0.545. The number of rotatable bonds is 5. The van der Waals surface area contributed by atoms with Gasteiger partial charge in [0.1, 0.15) is 5.75 Å². The molecule has 0 aromatic carbocycles. The second-order valence-corrected chi connectivity index (χ2v) is 4.12. The van der Waals surface area contributed by atoms with Gasteiger partial charge in [-0.25, -0.2) is 10.9 Å². The van der Waals surface area contributed by atoms with Gasteiger partial charge in [-0.15, -0.1) is 0 Å². The first-order chi connectivity index (χ1) is 7.55. The topological polar surface area (TPSA) is 66.6 Å². The van der Waals surface area contributed by atoms with Gasteiger partial charge in [-0.2, -0.15) is 0 Å². The van der Waals surface area contributed by atoms with Crippen LogP contribution in [0.1, 0.15) is 19.4 Å². The summed E-state index contributed by atoms with van der Waals surface area (Å²) in [5, 5.41) is 0. The van der Waals surface area contributed by atoms with E-state index in [4.69, 9.17) is 20.2 Å². The first-order valence-electron chi connectivity index (χ1n) is 4.95. The minimum Gasteiger partial charge on any atom is -0.495 e. The molecule has 1 aromatic heterocycles. The average Bonchev–Trinajstić information content (AvgIpc) is 2.28. The maximum atomic E-state index is 5.26. The molecule has 0 bridgehead atoms. The zero-order valence-electron chi connectivity index (χ0n) is 10.1. The molecule has 0 amide bonds. The monoisotopic (exact) mass is 226 g/mol.